The van der Waals surface area contributed by atoms with Crippen molar-refractivity contribution in [3.05, 3.63) is 52.0 Å². The molecule has 0 radical (unpaired) electrons. The second kappa shape index (κ2) is 4.25. The van der Waals surface area contributed by atoms with Crippen LogP contribution in [0.15, 0.2) is 30.6 Å². The van der Waals surface area contributed by atoms with Gasteiger partial charge < -0.3 is 4.57 Å². The summed E-state index contributed by atoms with van der Waals surface area (Å²) in [4.78, 5) is 3.93. The maximum atomic E-state index is 5.97. The highest BCUT2D eigenvalue weighted by molar-refractivity contribution is 6.40. The van der Waals surface area contributed by atoms with E-state index in [9.17, 15) is 0 Å². The van der Waals surface area contributed by atoms with Crippen molar-refractivity contribution >= 4 is 23.2 Å². The van der Waals surface area contributed by atoms with Gasteiger partial charge in [0, 0.05) is 6.54 Å². The third kappa shape index (κ3) is 2.33. The summed E-state index contributed by atoms with van der Waals surface area (Å²) in [6.07, 6.45) is 1.65. The lowest BCUT2D eigenvalue weighted by atomic mass is 10.1. The Kier molecular flexibility index (Phi) is 2.98. The Labute approximate surface area is 98.5 Å². The van der Waals surface area contributed by atoms with Gasteiger partial charge in [0.1, 0.15) is 5.15 Å². The predicted octanol–water partition coefficient (Wildman–Crippen LogP) is 3.55. The average molecular weight is 241 g/mol. The normalized spacial score (nSPS) is 10.6. The molecular weight excluding hydrogens is 231 g/mol. The molecule has 0 fully saturated rings. The van der Waals surface area contributed by atoms with Crippen LogP contribution in [-0.2, 0) is 6.54 Å². The van der Waals surface area contributed by atoms with E-state index < -0.39 is 0 Å². The lowest BCUT2D eigenvalue weighted by Crippen LogP contribution is -1.98. The highest BCUT2D eigenvalue weighted by Crippen LogP contribution is 2.20. The standard InChI is InChI=1S/C11H10Cl2N2/c1-8-3-2-4-9(5-8)6-15-7-14-10(12)11(15)13/h2-5,7H,6H2,1H3. The van der Waals surface area contributed by atoms with E-state index in [1.54, 1.807) is 6.33 Å². The van der Waals surface area contributed by atoms with Crippen LogP contribution in [0, 0.1) is 6.92 Å². The second-order valence-electron chi connectivity index (χ2n) is 3.44. The monoisotopic (exact) mass is 240 g/mol. The van der Waals surface area contributed by atoms with Gasteiger partial charge in [-0.05, 0) is 12.5 Å². The van der Waals surface area contributed by atoms with E-state index in [2.05, 4.69) is 30.1 Å². The first-order chi connectivity index (χ1) is 7.16. The Morgan fingerprint density at radius 3 is 2.73 bits per heavy atom. The van der Waals surface area contributed by atoms with Crippen molar-refractivity contribution in [1.82, 2.24) is 9.55 Å². The van der Waals surface area contributed by atoms with E-state index in [0.717, 1.165) is 0 Å². The Morgan fingerprint density at radius 1 is 1.33 bits per heavy atom. The number of nitrogens with zero attached hydrogens (tertiary/aromatic N) is 2. The van der Waals surface area contributed by atoms with Gasteiger partial charge in [-0.1, -0.05) is 53.0 Å². The van der Waals surface area contributed by atoms with Crippen LogP contribution in [0.4, 0.5) is 0 Å². The van der Waals surface area contributed by atoms with Crippen molar-refractivity contribution in [1.29, 1.82) is 0 Å². The van der Waals surface area contributed by atoms with Gasteiger partial charge in [0.2, 0.25) is 0 Å². The van der Waals surface area contributed by atoms with Gasteiger partial charge in [-0.2, -0.15) is 0 Å². The molecule has 0 aliphatic heterocycles. The molecule has 0 atom stereocenters. The number of imidazole rings is 1. The van der Waals surface area contributed by atoms with E-state index in [0.29, 0.717) is 16.9 Å². The minimum Gasteiger partial charge on any atom is -0.316 e. The summed E-state index contributed by atoms with van der Waals surface area (Å²) in [6.45, 7) is 2.76. The fourth-order valence-corrected chi connectivity index (χ4v) is 1.76. The summed E-state index contributed by atoms with van der Waals surface area (Å²) in [5.74, 6) is 0. The molecule has 0 saturated heterocycles. The molecule has 78 valence electrons. The first-order valence-electron chi connectivity index (χ1n) is 4.58. The summed E-state index contributed by atoms with van der Waals surface area (Å²) in [5, 5.41) is 0.836. The zero-order valence-corrected chi connectivity index (χ0v) is 9.76. The smallest absolute Gasteiger partial charge is 0.166 e. The Balaban J connectivity index is 2.26. The number of halogens is 2. The largest absolute Gasteiger partial charge is 0.316 e. The molecule has 0 unspecified atom stereocenters. The van der Waals surface area contributed by atoms with Crippen molar-refractivity contribution in [2.75, 3.05) is 0 Å². The first kappa shape index (κ1) is 10.5. The zero-order chi connectivity index (χ0) is 10.8. The highest BCUT2D eigenvalue weighted by atomic mass is 35.5. The van der Waals surface area contributed by atoms with Gasteiger partial charge in [-0.15, -0.1) is 0 Å². The maximum Gasteiger partial charge on any atom is 0.166 e. The fourth-order valence-electron chi connectivity index (χ4n) is 1.46. The van der Waals surface area contributed by atoms with Crippen LogP contribution in [-0.4, -0.2) is 9.55 Å². The molecule has 2 aromatic rings. The molecule has 2 rings (SSSR count). The number of aromatic nitrogens is 2. The maximum absolute atomic E-state index is 5.97. The van der Waals surface area contributed by atoms with E-state index in [1.165, 1.54) is 11.1 Å². The highest BCUT2D eigenvalue weighted by Gasteiger charge is 2.05. The molecule has 0 aliphatic rings. The van der Waals surface area contributed by atoms with Crippen LogP contribution in [0.25, 0.3) is 0 Å². The molecule has 2 nitrogen and oxygen atoms in total. The molecule has 1 aromatic carbocycles. The summed E-state index contributed by atoms with van der Waals surface area (Å²) in [6, 6.07) is 8.25. The van der Waals surface area contributed by atoms with E-state index in [1.807, 2.05) is 10.6 Å². The van der Waals surface area contributed by atoms with Crippen LogP contribution in [0.5, 0.6) is 0 Å². The molecule has 4 heteroatoms. The molecule has 0 bridgehead atoms. The Morgan fingerprint density at radius 2 is 2.13 bits per heavy atom. The number of hydrogen-bond donors (Lipinski definition) is 0. The summed E-state index contributed by atoms with van der Waals surface area (Å²) >= 11 is 11.7. The van der Waals surface area contributed by atoms with Crippen LogP contribution >= 0.6 is 23.2 Å². The first-order valence-corrected chi connectivity index (χ1v) is 5.34. The van der Waals surface area contributed by atoms with Gasteiger partial charge in [-0.3, -0.25) is 0 Å². The molecule has 0 N–H and O–H groups in total. The summed E-state index contributed by atoms with van der Waals surface area (Å²) < 4.78 is 1.82. The molecule has 1 heterocycles. The van der Waals surface area contributed by atoms with E-state index in [4.69, 9.17) is 23.2 Å². The van der Waals surface area contributed by atoms with E-state index >= 15 is 0 Å². The number of hydrogen-bond acceptors (Lipinski definition) is 1. The summed E-state index contributed by atoms with van der Waals surface area (Å²) in [5.41, 5.74) is 2.42. The molecular formula is C11H10Cl2N2. The van der Waals surface area contributed by atoms with Crippen molar-refractivity contribution in [3.8, 4) is 0 Å². The number of aryl methyl sites for hydroxylation is 1. The van der Waals surface area contributed by atoms with Crippen molar-refractivity contribution in [3.63, 3.8) is 0 Å². The lowest BCUT2D eigenvalue weighted by Gasteiger charge is -2.04. The molecule has 0 saturated carbocycles. The molecule has 0 spiro atoms. The zero-order valence-electron chi connectivity index (χ0n) is 8.24. The van der Waals surface area contributed by atoms with Crippen LogP contribution < -0.4 is 0 Å². The van der Waals surface area contributed by atoms with Crippen LogP contribution in [0.2, 0.25) is 10.3 Å². The quantitative estimate of drug-likeness (QED) is 0.786. The third-order valence-electron chi connectivity index (χ3n) is 2.17. The average Bonchev–Trinajstić information content (AvgIpc) is 2.50. The molecule has 1 aromatic heterocycles. The van der Waals surface area contributed by atoms with Crippen molar-refractivity contribution in [2.24, 2.45) is 0 Å². The van der Waals surface area contributed by atoms with Crippen LogP contribution in [0.3, 0.4) is 0 Å². The lowest BCUT2D eigenvalue weighted by molar-refractivity contribution is 0.797. The minimum absolute atomic E-state index is 0.351. The molecule has 15 heavy (non-hydrogen) atoms. The predicted molar refractivity (Wildman–Crippen MR) is 62.5 cm³/mol. The van der Waals surface area contributed by atoms with Gasteiger partial charge in [0.15, 0.2) is 5.15 Å². The van der Waals surface area contributed by atoms with Crippen molar-refractivity contribution < 1.29 is 0 Å². The summed E-state index contributed by atoms with van der Waals surface area (Å²) in [7, 11) is 0. The van der Waals surface area contributed by atoms with Crippen LogP contribution in [0.1, 0.15) is 11.1 Å². The van der Waals surface area contributed by atoms with Gasteiger partial charge in [0.25, 0.3) is 0 Å². The fraction of sp³-hybridized carbons (Fsp3) is 0.182. The van der Waals surface area contributed by atoms with E-state index in [-0.39, 0.29) is 0 Å². The Bertz CT molecular complexity index is 477. The topological polar surface area (TPSA) is 17.8 Å². The number of rotatable bonds is 2. The van der Waals surface area contributed by atoms with Gasteiger partial charge >= 0.3 is 0 Å². The Hall–Kier alpha value is -0.990. The third-order valence-corrected chi connectivity index (χ3v) is 2.94. The van der Waals surface area contributed by atoms with Gasteiger partial charge in [-0.25, -0.2) is 4.98 Å². The molecule has 0 amide bonds. The second-order valence-corrected chi connectivity index (χ2v) is 4.16. The SMILES string of the molecule is Cc1cccc(Cn2cnc(Cl)c2Cl)c1. The number of benzene rings is 1. The minimum atomic E-state index is 0.351. The molecule has 0 aliphatic carbocycles. The van der Waals surface area contributed by atoms with Crippen molar-refractivity contribution in [2.45, 2.75) is 13.5 Å². The van der Waals surface area contributed by atoms with Gasteiger partial charge in [0.05, 0.1) is 6.33 Å².